The number of anilines is 2. The van der Waals surface area contributed by atoms with Gasteiger partial charge in [-0.15, -0.1) is 0 Å². The van der Waals surface area contributed by atoms with E-state index in [2.05, 4.69) is 38.0 Å². The number of hydrogen-bond acceptors (Lipinski definition) is 7. The second kappa shape index (κ2) is 11.6. The number of rotatable bonds is 6. The van der Waals surface area contributed by atoms with Crippen molar-refractivity contribution in [3.05, 3.63) is 81.9 Å². The minimum absolute atomic E-state index is 0.0850. The van der Waals surface area contributed by atoms with Crippen molar-refractivity contribution in [3.8, 4) is 0 Å². The fourth-order valence-electron chi connectivity index (χ4n) is 7.98. The van der Waals surface area contributed by atoms with Crippen molar-refractivity contribution in [3.63, 3.8) is 0 Å². The van der Waals surface area contributed by atoms with Crippen molar-refractivity contribution in [1.29, 1.82) is 0 Å². The van der Waals surface area contributed by atoms with E-state index in [1.165, 1.54) is 17.7 Å². The Bertz CT molecular complexity index is 1970. The number of piperidine rings is 1. The van der Waals surface area contributed by atoms with Crippen LogP contribution in [0, 0.1) is 12.7 Å². The normalized spacial score (nSPS) is 22.3. The Morgan fingerprint density at radius 1 is 0.812 bits per heavy atom. The topological polar surface area (TPSA) is 124 Å². The second-order valence-electron chi connectivity index (χ2n) is 13.2. The predicted molar refractivity (Wildman–Crippen MR) is 176 cm³/mol. The van der Waals surface area contributed by atoms with Crippen LogP contribution in [0.2, 0.25) is 0 Å². The number of piperazine rings is 1. The Kier molecular flexibility index (Phi) is 7.28. The first kappa shape index (κ1) is 30.2. The molecule has 0 bridgehead atoms. The number of carbonyl (C=O) groups is 5. The minimum Gasteiger partial charge on any atom is -0.369 e. The van der Waals surface area contributed by atoms with E-state index < -0.39 is 29.7 Å². The zero-order valence-electron chi connectivity index (χ0n) is 26.6. The van der Waals surface area contributed by atoms with Gasteiger partial charge in [0.1, 0.15) is 11.9 Å². The molecule has 2 N–H and O–H groups in total. The van der Waals surface area contributed by atoms with Crippen LogP contribution in [0.25, 0.3) is 11.1 Å². The van der Waals surface area contributed by atoms with E-state index in [0.29, 0.717) is 16.8 Å². The van der Waals surface area contributed by atoms with E-state index in [1.807, 2.05) is 6.07 Å². The predicted octanol–water partition coefficient (Wildman–Crippen LogP) is 3.36. The standard InChI is InChI=1S/C36H35FN6O5/c1-20-17-21-3-6-25(31-27-18-22(37)4-8-28(27)38-34(31)46)32(21)42(20)12-2-11-40-13-15-41(16-14-40)23-5-7-24-26(19-23)36(48)43(35(24)47)29-9-10-30(44)39-33(29)45/h4-5,7-8,17-19,29H,2-3,6,9-16H2,1H3,(H,38,46)(H,39,44,45)/b31-25-. The molecule has 12 heteroatoms. The van der Waals surface area contributed by atoms with Crippen LogP contribution >= 0.6 is 0 Å². The van der Waals surface area contributed by atoms with Crippen LogP contribution in [-0.2, 0) is 27.3 Å². The van der Waals surface area contributed by atoms with Gasteiger partial charge in [-0.2, -0.15) is 0 Å². The number of benzene rings is 2. The van der Waals surface area contributed by atoms with Gasteiger partial charge >= 0.3 is 0 Å². The van der Waals surface area contributed by atoms with Crippen molar-refractivity contribution in [2.45, 2.75) is 51.6 Å². The fraction of sp³-hybridized carbons (Fsp3) is 0.361. The molecule has 0 saturated carbocycles. The van der Waals surface area contributed by atoms with Gasteiger partial charge in [0.25, 0.3) is 17.7 Å². The van der Waals surface area contributed by atoms with Gasteiger partial charge in [0.2, 0.25) is 11.8 Å². The number of fused-ring (bicyclic) bond motifs is 3. The van der Waals surface area contributed by atoms with Gasteiger partial charge in [-0.25, -0.2) is 4.39 Å². The lowest BCUT2D eigenvalue weighted by molar-refractivity contribution is -0.136. The molecule has 2 saturated heterocycles. The first-order valence-corrected chi connectivity index (χ1v) is 16.5. The lowest BCUT2D eigenvalue weighted by Gasteiger charge is -2.36. The zero-order valence-corrected chi connectivity index (χ0v) is 26.6. The van der Waals surface area contributed by atoms with Gasteiger partial charge in [-0.3, -0.25) is 39.1 Å². The fourth-order valence-corrected chi connectivity index (χ4v) is 7.98. The number of allylic oxidation sites excluding steroid dienone is 1. The summed E-state index contributed by atoms with van der Waals surface area (Å²) in [4.78, 5) is 69.0. The molecule has 8 rings (SSSR count). The van der Waals surface area contributed by atoms with Gasteiger partial charge < -0.3 is 14.8 Å². The van der Waals surface area contributed by atoms with E-state index >= 15 is 0 Å². The van der Waals surface area contributed by atoms with Gasteiger partial charge in [-0.05, 0) is 92.8 Å². The van der Waals surface area contributed by atoms with Crippen LogP contribution in [0.3, 0.4) is 0 Å². The molecule has 0 spiro atoms. The quantitative estimate of drug-likeness (QED) is 0.310. The van der Waals surface area contributed by atoms with E-state index in [4.69, 9.17) is 0 Å². The number of nitrogens with zero attached hydrogens (tertiary/aromatic N) is 4. The van der Waals surface area contributed by atoms with Crippen molar-refractivity contribution < 1.29 is 28.4 Å². The molecule has 5 heterocycles. The molecule has 5 aliphatic rings. The van der Waals surface area contributed by atoms with E-state index in [1.54, 1.807) is 18.2 Å². The van der Waals surface area contributed by atoms with Gasteiger partial charge in [-0.1, -0.05) is 0 Å². The molecule has 0 radical (unpaired) electrons. The molecule has 4 aliphatic heterocycles. The number of nitrogens with one attached hydrogen (secondary N) is 2. The van der Waals surface area contributed by atoms with Crippen LogP contribution in [0.15, 0.2) is 42.5 Å². The Morgan fingerprint density at radius 3 is 2.40 bits per heavy atom. The maximum atomic E-state index is 14.2. The number of carbonyl (C=O) groups excluding carboxylic acids is 5. The number of hydrogen-bond donors (Lipinski definition) is 2. The molecule has 1 aliphatic carbocycles. The molecule has 11 nitrogen and oxygen atoms in total. The summed E-state index contributed by atoms with van der Waals surface area (Å²) in [5, 5.41) is 5.13. The molecule has 1 unspecified atom stereocenters. The summed E-state index contributed by atoms with van der Waals surface area (Å²) < 4.78 is 16.5. The summed E-state index contributed by atoms with van der Waals surface area (Å²) in [5.74, 6) is -2.55. The van der Waals surface area contributed by atoms with Crippen LogP contribution in [-0.4, -0.2) is 82.7 Å². The Morgan fingerprint density at radius 2 is 1.60 bits per heavy atom. The van der Waals surface area contributed by atoms with E-state index in [9.17, 15) is 28.4 Å². The van der Waals surface area contributed by atoms with Gasteiger partial charge in [0.05, 0.1) is 16.7 Å². The first-order valence-electron chi connectivity index (χ1n) is 16.5. The van der Waals surface area contributed by atoms with Crippen LogP contribution in [0.4, 0.5) is 15.8 Å². The summed E-state index contributed by atoms with van der Waals surface area (Å²) in [6.07, 6.45) is 2.75. The highest BCUT2D eigenvalue weighted by Crippen LogP contribution is 2.44. The number of aryl methyl sites for hydroxylation is 2. The van der Waals surface area contributed by atoms with Crippen LogP contribution in [0.1, 0.15) is 68.9 Å². The Labute approximate surface area is 276 Å². The first-order chi connectivity index (χ1) is 23.2. The van der Waals surface area contributed by atoms with E-state index in [-0.39, 0.29) is 35.7 Å². The maximum absolute atomic E-state index is 14.2. The molecular weight excluding hydrogens is 615 g/mol. The third-order valence-corrected chi connectivity index (χ3v) is 10.4. The molecule has 48 heavy (non-hydrogen) atoms. The van der Waals surface area contributed by atoms with Gasteiger partial charge in [0, 0.05) is 67.5 Å². The summed E-state index contributed by atoms with van der Waals surface area (Å²) >= 11 is 0. The summed E-state index contributed by atoms with van der Waals surface area (Å²) in [7, 11) is 0. The number of amides is 5. The lowest BCUT2D eigenvalue weighted by Crippen LogP contribution is -2.54. The molecule has 5 amide bonds. The maximum Gasteiger partial charge on any atom is 0.262 e. The highest BCUT2D eigenvalue weighted by Gasteiger charge is 2.45. The average molecular weight is 651 g/mol. The molecule has 2 aromatic carbocycles. The minimum atomic E-state index is -0.981. The average Bonchev–Trinajstić information content (AvgIpc) is 3.77. The Hall–Kier alpha value is -5.10. The summed E-state index contributed by atoms with van der Waals surface area (Å²) in [6, 6.07) is 10.9. The third-order valence-electron chi connectivity index (χ3n) is 10.4. The number of imide groups is 2. The van der Waals surface area contributed by atoms with Crippen LogP contribution < -0.4 is 15.5 Å². The van der Waals surface area contributed by atoms with Crippen molar-refractivity contribution >= 4 is 52.1 Å². The smallest absolute Gasteiger partial charge is 0.262 e. The number of aromatic nitrogens is 1. The monoisotopic (exact) mass is 650 g/mol. The van der Waals surface area contributed by atoms with Crippen molar-refractivity contribution in [2.24, 2.45) is 0 Å². The zero-order chi connectivity index (χ0) is 33.3. The van der Waals surface area contributed by atoms with Gasteiger partial charge in [0.15, 0.2) is 0 Å². The van der Waals surface area contributed by atoms with Crippen LogP contribution in [0.5, 0.6) is 0 Å². The number of halogens is 1. The summed E-state index contributed by atoms with van der Waals surface area (Å²) in [5.41, 5.74) is 7.77. The lowest BCUT2D eigenvalue weighted by atomic mass is 9.99. The molecule has 3 aromatic rings. The highest BCUT2D eigenvalue weighted by molar-refractivity contribution is 6.37. The third kappa shape index (κ3) is 4.93. The van der Waals surface area contributed by atoms with E-state index in [0.717, 1.165) is 86.1 Å². The molecule has 1 aromatic heterocycles. The molecule has 246 valence electrons. The highest BCUT2D eigenvalue weighted by atomic mass is 19.1. The molecular formula is C36H35FN6O5. The van der Waals surface area contributed by atoms with Crippen molar-refractivity contribution in [1.82, 2.24) is 19.7 Å². The SMILES string of the molecule is Cc1cc2c(n1CCCN1CCN(c3ccc4c(c3)C(=O)N(C3CCC(=O)NC3=O)C4=O)CC1)/C(=C1\C(=O)Nc3ccc(F)cc31)CC2. The summed E-state index contributed by atoms with van der Waals surface area (Å²) in [6.45, 7) is 7.01. The second-order valence-corrected chi connectivity index (χ2v) is 13.2. The Balaban J connectivity index is 0.908. The largest absolute Gasteiger partial charge is 0.369 e. The molecule has 2 fully saturated rings. The molecule has 1 atom stereocenters. The van der Waals surface area contributed by atoms with Crippen molar-refractivity contribution in [2.75, 3.05) is 42.9 Å².